The van der Waals surface area contributed by atoms with Crippen LogP contribution in [0.2, 0.25) is 0 Å². The maximum atomic E-state index is 13.3. The summed E-state index contributed by atoms with van der Waals surface area (Å²) in [6.07, 6.45) is 0.369. The van der Waals surface area contributed by atoms with Crippen molar-refractivity contribution in [2.45, 2.75) is 30.9 Å². The predicted octanol–water partition coefficient (Wildman–Crippen LogP) is 2.13. The number of hydrogen-bond acceptors (Lipinski definition) is 4. The van der Waals surface area contributed by atoms with Crippen LogP contribution in [0.1, 0.15) is 18.4 Å². The molecule has 2 rings (SSSR count). The first kappa shape index (κ1) is 24.7. The van der Waals surface area contributed by atoms with E-state index in [-0.39, 0.29) is 62.5 Å². The first-order valence-corrected chi connectivity index (χ1v) is 9.49. The number of rotatable bonds is 4. The van der Waals surface area contributed by atoms with Crippen molar-refractivity contribution >= 4 is 40.0 Å². The van der Waals surface area contributed by atoms with Crippen LogP contribution in [0, 0.1) is 5.82 Å². The number of phenolic OH excluding ortho intramolecular Hbond substituents is 1. The lowest BCUT2D eigenvalue weighted by atomic mass is 10.1. The number of piperidine rings is 1. The molecule has 3 N–H and O–H groups in total. The summed E-state index contributed by atoms with van der Waals surface area (Å²) >= 11 is 0. The molecule has 0 bridgehead atoms. The Morgan fingerprint density at radius 2 is 1.93 bits per heavy atom. The van der Waals surface area contributed by atoms with Crippen molar-refractivity contribution in [2.24, 2.45) is 4.99 Å². The van der Waals surface area contributed by atoms with Gasteiger partial charge in [0.05, 0.1) is 0 Å². The first-order chi connectivity index (χ1) is 12.5. The number of phenols is 1. The number of nitrogens with one attached hydrogen (secondary N) is 2. The maximum absolute atomic E-state index is 13.3. The van der Waals surface area contributed by atoms with Crippen LogP contribution in [0.5, 0.6) is 5.75 Å². The highest BCUT2D eigenvalue weighted by Gasteiger charge is 2.50. The summed E-state index contributed by atoms with van der Waals surface area (Å²) in [4.78, 5) is 3.98. The van der Waals surface area contributed by atoms with Gasteiger partial charge in [-0.2, -0.15) is 17.5 Å². The third-order valence-corrected chi connectivity index (χ3v) is 5.75. The molecule has 0 radical (unpaired) electrons. The van der Waals surface area contributed by atoms with E-state index in [1.807, 2.05) is 0 Å². The topological polar surface area (TPSA) is 94.0 Å². The van der Waals surface area contributed by atoms with E-state index in [0.29, 0.717) is 15.8 Å². The van der Waals surface area contributed by atoms with Crippen molar-refractivity contribution in [2.75, 3.05) is 20.1 Å². The Morgan fingerprint density at radius 3 is 2.43 bits per heavy atom. The van der Waals surface area contributed by atoms with Gasteiger partial charge in [0.15, 0.2) is 17.5 Å². The van der Waals surface area contributed by atoms with Crippen LogP contribution in [0.25, 0.3) is 0 Å². The van der Waals surface area contributed by atoms with Crippen molar-refractivity contribution < 1.29 is 31.1 Å². The zero-order valence-corrected chi connectivity index (χ0v) is 18.0. The molecule has 0 aromatic heterocycles. The van der Waals surface area contributed by atoms with Crippen LogP contribution in [-0.2, 0) is 16.6 Å². The molecule has 28 heavy (non-hydrogen) atoms. The van der Waals surface area contributed by atoms with Gasteiger partial charge in [-0.25, -0.2) is 12.8 Å². The van der Waals surface area contributed by atoms with Gasteiger partial charge in [0.2, 0.25) is 0 Å². The third-order valence-electron chi connectivity index (χ3n) is 4.12. The largest absolute Gasteiger partial charge is 0.511 e. The number of alkyl halides is 3. The average molecular weight is 540 g/mol. The number of guanidine groups is 1. The Hall–Kier alpha value is -1.35. The smallest absolute Gasteiger partial charge is 0.505 e. The number of aliphatic imine (C=N–C) groups is 1. The van der Waals surface area contributed by atoms with Crippen LogP contribution in [0.4, 0.5) is 17.6 Å². The van der Waals surface area contributed by atoms with Crippen molar-refractivity contribution in [1.82, 2.24) is 14.9 Å². The molecular weight excluding hydrogens is 519 g/mol. The van der Waals surface area contributed by atoms with Crippen molar-refractivity contribution in [1.29, 1.82) is 0 Å². The lowest BCUT2D eigenvalue weighted by Gasteiger charge is -2.32. The van der Waals surface area contributed by atoms with Gasteiger partial charge in [0, 0.05) is 32.7 Å². The molecule has 0 unspecified atom stereocenters. The van der Waals surface area contributed by atoms with Crippen LogP contribution < -0.4 is 10.6 Å². The Balaban J connectivity index is 0.00000392. The van der Waals surface area contributed by atoms with Crippen molar-refractivity contribution in [3.05, 3.63) is 29.6 Å². The Morgan fingerprint density at radius 1 is 1.32 bits per heavy atom. The molecule has 0 aliphatic carbocycles. The number of halogens is 5. The minimum Gasteiger partial charge on any atom is -0.505 e. The summed E-state index contributed by atoms with van der Waals surface area (Å²) in [5.41, 5.74) is -4.75. The van der Waals surface area contributed by atoms with Gasteiger partial charge in [-0.3, -0.25) is 4.99 Å². The van der Waals surface area contributed by atoms with Crippen LogP contribution in [0.15, 0.2) is 23.2 Å². The van der Waals surface area contributed by atoms with Gasteiger partial charge in [-0.1, -0.05) is 6.07 Å². The molecule has 160 valence electrons. The average Bonchev–Trinajstić information content (AvgIpc) is 2.61. The Labute approximate surface area is 177 Å². The standard InChI is InChI=1S/C15H20F4N4O3S.HI/c1-20-14(21-9-10-2-3-13(24)12(16)8-10)22-11-4-6-23(7-5-11)27(25,26)15(17,18)19;/h2-3,8,11,24H,4-7,9H2,1H3,(H2,20,21,22);1H. The van der Waals surface area contributed by atoms with Crippen molar-refractivity contribution in [3.63, 3.8) is 0 Å². The zero-order chi connectivity index (χ0) is 20.2. The highest BCUT2D eigenvalue weighted by atomic mass is 127. The van der Waals surface area contributed by atoms with Gasteiger partial charge in [-0.15, -0.1) is 24.0 Å². The summed E-state index contributed by atoms with van der Waals surface area (Å²) in [7, 11) is -3.81. The highest BCUT2D eigenvalue weighted by molar-refractivity contribution is 14.0. The molecule has 0 saturated carbocycles. The van der Waals surface area contributed by atoms with Crippen LogP contribution in [-0.4, -0.2) is 55.5 Å². The second kappa shape index (κ2) is 9.91. The molecule has 1 aliphatic heterocycles. The monoisotopic (exact) mass is 540 g/mol. The molecule has 13 heteroatoms. The molecular formula is C15H21F4IN4O3S. The molecule has 0 amide bonds. The Bertz CT molecular complexity index is 797. The van der Waals surface area contributed by atoms with Gasteiger partial charge >= 0.3 is 15.5 Å². The minimum atomic E-state index is -5.31. The fourth-order valence-electron chi connectivity index (χ4n) is 2.62. The van der Waals surface area contributed by atoms with Gasteiger partial charge < -0.3 is 15.7 Å². The summed E-state index contributed by atoms with van der Waals surface area (Å²) in [6.45, 7) is -0.294. The fourth-order valence-corrected chi connectivity index (χ4v) is 3.61. The number of hydrogen-bond donors (Lipinski definition) is 3. The van der Waals surface area contributed by atoms with Crippen LogP contribution >= 0.6 is 24.0 Å². The number of sulfonamides is 1. The van der Waals surface area contributed by atoms with E-state index in [1.54, 1.807) is 0 Å². The summed E-state index contributed by atoms with van der Waals surface area (Å²) < 4.78 is 74.3. The molecule has 1 aromatic carbocycles. The second-order valence-electron chi connectivity index (χ2n) is 5.98. The van der Waals surface area contributed by atoms with Gasteiger partial charge in [0.25, 0.3) is 0 Å². The lowest BCUT2D eigenvalue weighted by Crippen LogP contribution is -2.51. The molecule has 0 spiro atoms. The van der Waals surface area contributed by atoms with Gasteiger partial charge in [0.1, 0.15) is 0 Å². The molecule has 1 heterocycles. The first-order valence-electron chi connectivity index (χ1n) is 8.05. The number of aromatic hydroxyl groups is 1. The van der Waals surface area contributed by atoms with E-state index in [1.165, 1.54) is 19.2 Å². The van der Waals surface area contributed by atoms with E-state index < -0.39 is 27.1 Å². The third kappa shape index (κ3) is 6.07. The van der Waals surface area contributed by atoms with E-state index in [2.05, 4.69) is 15.6 Å². The summed E-state index contributed by atoms with van der Waals surface area (Å²) in [6, 6.07) is 3.65. The predicted molar refractivity (Wildman–Crippen MR) is 106 cm³/mol. The lowest BCUT2D eigenvalue weighted by molar-refractivity contribution is -0.0494. The summed E-state index contributed by atoms with van der Waals surface area (Å²) in [5, 5.41) is 15.1. The maximum Gasteiger partial charge on any atom is 0.511 e. The Kier molecular flexibility index (Phi) is 8.74. The van der Waals surface area contributed by atoms with E-state index >= 15 is 0 Å². The molecule has 1 saturated heterocycles. The molecule has 7 nitrogen and oxygen atoms in total. The number of nitrogens with zero attached hydrogens (tertiary/aromatic N) is 2. The SMILES string of the molecule is CN=C(NCc1ccc(O)c(F)c1)NC1CCN(S(=O)(=O)C(F)(F)F)CC1.I. The second-order valence-corrected chi connectivity index (χ2v) is 7.91. The van der Waals surface area contributed by atoms with Crippen molar-refractivity contribution in [3.8, 4) is 5.75 Å². The molecule has 0 atom stereocenters. The summed E-state index contributed by atoms with van der Waals surface area (Å²) in [5.74, 6) is -0.863. The minimum absolute atomic E-state index is 0. The van der Waals surface area contributed by atoms with Gasteiger partial charge in [-0.05, 0) is 30.5 Å². The number of benzene rings is 1. The molecule has 1 aliphatic rings. The van der Waals surface area contributed by atoms with E-state index in [9.17, 15) is 26.0 Å². The molecule has 1 aromatic rings. The highest BCUT2D eigenvalue weighted by Crippen LogP contribution is 2.28. The van der Waals surface area contributed by atoms with E-state index in [4.69, 9.17) is 5.11 Å². The quantitative estimate of drug-likeness (QED) is 0.236. The normalized spacial score (nSPS) is 17.1. The molecule has 1 fully saturated rings. The zero-order valence-electron chi connectivity index (χ0n) is 14.8. The fraction of sp³-hybridized carbons (Fsp3) is 0.533. The van der Waals surface area contributed by atoms with Crippen LogP contribution in [0.3, 0.4) is 0 Å². The van der Waals surface area contributed by atoms with E-state index in [0.717, 1.165) is 6.07 Å².